The Balaban J connectivity index is 0.970. The molecule has 1 saturated heterocycles. The number of pyridine rings is 1. The number of imide groups is 1. The van der Waals surface area contributed by atoms with E-state index in [1.54, 1.807) is 47.5 Å². The summed E-state index contributed by atoms with van der Waals surface area (Å²) < 4.78 is 47.7. The highest BCUT2D eigenvalue weighted by Crippen LogP contribution is 2.45. The number of nitrogens with one attached hydrogen (secondary N) is 2. The third-order valence-electron chi connectivity index (χ3n) is 11.6. The van der Waals surface area contributed by atoms with E-state index in [9.17, 15) is 37.1 Å². The number of aromatic nitrogens is 3. The normalized spacial score (nSPS) is 16.5. The van der Waals surface area contributed by atoms with Crippen LogP contribution in [0.4, 0.5) is 24.5 Å². The molecule has 0 saturated carbocycles. The van der Waals surface area contributed by atoms with Crippen LogP contribution in [0.5, 0.6) is 0 Å². The summed E-state index contributed by atoms with van der Waals surface area (Å²) in [7, 11) is 3.42. The molecule has 1 atom stereocenters. The Bertz CT molecular complexity index is 2740. The average Bonchev–Trinajstić information content (AvgIpc) is 3.67. The Morgan fingerprint density at radius 3 is 2.52 bits per heavy atom. The van der Waals surface area contributed by atoms with Crippen LogP contribution >= 0.6 is 0 Å². The lowest BCUT2D eigenvalue weighted by Gasteiger charge is -2.33. The number of anilines is 2. The van der Waals surface area contributed by atoms with Gasteiger partial charge in [0.2, 0.25) is 11.8 Å². The summed E-state index contributed by atoms with van der Waals surface area (Å²) in [5, 5.41) is 5.04. The molecule has 8 rings (SSSR count). The third-order valence-corrected chi connectivity index (χ3v) is 11.6. The predicted molar refractivity (Wildman–Crippen MR) is 219 cm³/mol. The molecule has 5 heterocycles. The number of piperidine rings is 1. The molecule has 2 N–H and O–H groups in total. The molecule has 5 aromatic rings. The van der Waals surface area contributed by atoms with Gasteiger partial charge in [-0.2, -0.15) is 13.2 Å². The van der Waals surface area contributed by atoms with Crippen LogP contribution in [0.15, 0.2) is 65.6 Å². The highest BCUT2D eigenvalue weighted by molar-refractivity contribution is 6.05. The quantitative estimate of drug-likeness (QED) is 0.115. The lowest BCUT2D eigenvalue weighted by Crippen LogP contribution is -2.52. The van der Waals surface area contributed by atoms with Gasteiger partial charge in [0.05, 0.1) is 16.6 Å². The van der Waals surface area contributed by atoms with E-state index in [1.807, 2.05) is 30.9 Å². The van der Waals surface area contributed by atoms with E-state index >= 15 is 0 Å². The number of hydrogen-bond donors (Lipinski definition) is 2. The maximum Gasteiger partial charge on any atom is 0.417 e. The molecule has 0 spiro atoms. The van der Waals surface area contributed by atoms with Crippen LogP contribution in [0.1, 0.15) is 94.1 Å². The smallest absolute Gasteiger partial charge is 0.350 e. The second-order valence-corrected chi connectivity index (χ2v) is 15.7. The lowest BCUT2D eigenvalue weighted by atomic mass is 9.91. The molecule has 3 aliphatic heterocycles. The van der Waals surface area contributed by atoms with Crippen LogP contribution in [0.3, 0.4) is 0 Å². The van der Waals surface area contributed by atoms with Gasteiger partial charge in [-0.05, 0) is 89.9 Å². The van der Waals surface area contributed by atoms with Gasteiger partial charge in [-0.25, -0.2) is 4.79 Å². The summed E-state index contributed by atoms with van der Waals surface area (Å²) in [5.74, 6) is 4.46. The molecule has 4 amide bonds. The van der Waals surface area contributed by atoms with Crippen molar-refractivity contribution in [2.75, 3.05) is 18.0 Å². The zero-order valence-electron chi connectivity index (χ0n) is 33.5. The van der Waals surface area contributed by atoms with Crippen molar-refractivity contribution in [1.29, 1.82) is 0 Å². The number of fused-ring (bicyclic) bond motifs is 3. The number of nitrogens with zero attached hydrogens (tertiary/aromatic N) is 5. The number of hydrogen-bond acceptors (Lipinski definition) is 7. The molecule has 2 aromatic heterocycles. The molecule has 0 aliphatic carbocycles. The summed E-state index contributed by atoms with van der Waals surface area (Å²) in [5.41, 5.74) is 5.35. The maximum absolute atomic E-state index is 14.8. The predicted octanol–water partition coefficient (Wildman–Crippen LogP) is 6.10. The van der Waals surface area contributed by atoms with Crippen molar-refractivity contribution in [3.05, 3.63) is 110 Å². The summed E-state index contributed by atoms with van der Waals surface area (Å²) in [6.45, 7) is 4.91. The van der Waals surface area contributed by atoms with Crippen LogP contribution in [0, 0.1) is 11.8 Å². The van der Waals surface area contributed by atoms with Crippen molar-refractivity contribution in [3.63, 3.8) is 0 Å². The third kappa shape index (κ3) is 7.20. The Morgan fingerprint density at radius 2 is 1.80 bits per heavy atom. The molecular weight excluding hydrogens is 776 g/mol. The second kappa shape index (κ2) is 15.5. The van der Waals surface area contributed by atoms with Gasteiger partial charge in [0, 0.05) is 80.8 Å². The second-order valence-electron chi connectivity index (χ2n) is 15.7. The first kappa shape index (κ1) is 40.1. The van der Waals surface area contributed by atoms with Crippen molar-refractivity contribution >= 4 is 46.0 Å². The monoisotopic (exact) mass is 817 g/mol. The van der Waals surface area contributed by atoms with Crippen molar-refractivity contribution < 1.29 is 32.3 Å². The average molecular weight is 818 g/mol. The molecule has 0 bridgehead atoms. The molecule has 1 fully saturated rings. The van der Waals surface area contributed by atoms with Crippen LogP contribution in [-0.4, -0.2) is 61.8 Å². The zero-order chi connectivity index (χ0) is 42.6. The van der Waals surface area contributed by atoms with E-state index < -0.39 is 29.6 Å². The fourth-order valence-corrected chi connectivity index (χ4v) is 8.52. The largest absolute Gasteiger partial charge is 0.417 e. The van der Waals surface area contributed by atoms with Crippen LogP contribution in [0.25, 0.3) is 22.2 Å². The highest BCUT2D eigenvalue weighted by Gasteiger charge is 2.40. The minimum Gasteiger partial charge on any atom is -0.350 e. The number of aryl methyl sites for hydroxylation is 3. The van der Waals surface area contributed by atoms with Gasteiger partial charge < -0.3 is 15.1 Å². The van der Waals surface area contributed by atoms with Crippen molar-refractivity contribution in [2.45, 2.75) is 70.6 Å². The van der Waals surface area contributed by atoms with E-state index in [0.717, 1.165) is 22.3 Å². The van der Waals surface area contributed by atoms with Crippen molar-refractivity contribution in [3.8, 4) is 23.0 Å². The van der Waals surface area contributed by atoms with Crippen LogP contribution < -0.4 is 21.2 Å². The molecule has 0 radical (unpaired) electrons. The minimum absolute atomic E-state index is 0.0315. The summed E-state index contributed by atoms with van der Waals surface area (Å²) >= 11 is 0. The molecule has 3 aromatic carbocycles. The molecule has 12 nitrogen and oxygen atoms in total. The maximum atomic E-state index is 14.8. The Hall–Kier alpha value is -6.69. The topological polar surface area (TPSA) is 139 Å². The zero-order valence-corrected chi connectivity index (χ0v) is 33.5. The molecule has 1 unspecified atom stereocenters. The van der Waals surface area contributed by atoms with E-state index in [-0.39, 0.29) is 72.6 Å². The van der Waals surface area contributed by atoms with Gasteiger partial charge in [0.25, 0.3) is 11.8 Å². The van der Waals surface area contributed by atoms with Crippen LogP contribution in [-0.2, 0) is 42.8 Å². The van der Waals surface area contributed by atoms with Gasteiger partial charge in [-0.3, -0.25) is 38.6 Å². The Morgan fingerprint density at radius 1 is 1.00 bits per heavy atom. The Kier molecular flexibility index (Phi) is 10.3. The van der Waals surface area contributed by atoms with E-state index in [1.165, 1.54) is 29.3 Å². The summed E-state index contributed by atoms with van der Waals surface area (Å²) in [6, 6.07) is 13.9. The molecule has 308 valence electrons. The van der Waals surface area contributed by atoms with Gasteiger partial charge in [-0.1, -0.05) is 37.8 Å². The molecule has 15 heteroatoms. The fourth-order valence-electron chi connectivity index (χ4n) is 8.52. The van der Waals surface area contributed by atoms with Gasteiger partial charge in [0.1, 0.15) is 11.7 Å². The summed E-state index contributed by atoms with van der Waals surface area (Å²) in [6.07, 6.45) is -1.47. The number of carbonyl (C=O) groups is 4. The van der Waals surface area contributed by atoms with Crippen molar-refractivity contribution in [1.82, 2.24) is 29.7 Å². The van der Waals surface area contributed by atoms with Gasteiger partial charge >= 0.3 is 11.9 Å². The minimum atomic E-state index is -4.69. The summed E-state index contributed by atoms with van der Waals surface area (Å²) in [4.78, 5) is 70.6. The standard InChI is InChI=1S/C45H42F3N7O5/c1-25(2)31-20-29(21-38-40(31)53(4)44(60)52(38)3)54-18-8-11-27-19-32(34(22-37(27)54)45(46,47)48)28-13-14-35(50-23-28)41(57)49-17-6-5-9-26-10-7-12-30-33(26)24-55(43(30)59)36-15-16-39(56)51-42(36)58/h7,10,12-14,19-23,25,36H,6,8,11,15-18,24H2,1-4H3,(H,49,57)(H,51,56,58). The number of benzene rings is 3. The van der Waals surface area contributed by atoms with Gasteiger partial charge in [-0.15, -0.1) is 0 Å². The first-order valence-electron chi connectivity index (χ1n) is 19.8. The van der Waals surface area contributed by atoms with Crippen LogP contribution in [0.2, 0.25) is 0 Å². The molecule has 60 heavy (non-hydrogen) atoms. The number of amides is 4. The first-order chi connectivity index (χ1) is 28.6. The Labute approximate surface area is 343 Å². The van der Waals surface area contributed by atoms with E-state index in [2.05, 4.69) is 27.5 Å². The van der Waals surface area contributed by atoms with Crippen molar-refractivity contribution in [2.24, 2.45) is 14.1 Å². The van der Waals surface area contributed by atoms with E-state index in [0.29, 0.717) is 47.3 Å². The number of rotatable bonds is 7. The fraction of sp³-hybridized carbons (Fsp3) is 0.333. The molecule has 3 aliphatic rings. The SMILES string of the molecule is CC(C)c1cc(N2CCCc3cc(-c4ccc(C(=O)NCCC#Cc5cccc6c5CN(C5CCC(=O)NC5=O)C6=O)nc4)c(C(F)(F)F)cc32)cc2c1n(C)c(=O)n2C. The first-order valence-corrected chi connectivity index (χ1v) is 19.8. The lowest BCUT2D eigenvalue weighted by molar-refractivity contribution is -0.138. The van der Waals surface area contributed by atoms with Gasteiger partial charge in [0.15, 0.2) is 0 Å². The number of halogens is 3. The number of alkyl halides is 3. The number of imidazole rings is 1. The highest BCUT2D eigenvalue weighted by atomic mass is 19.4. The molecular formula is C45H42F3N7O5. The number of carbonyl (C=O) groups excluding carboxylic acids is 4. The van der Waals surface area contributed by atoms with E-state index in [4.69, 9.17) is 0 Å².